The van der Waals surface area contributed by atoms with Gasteiger partial charge in [0, 0.05) is 16.7 Å². The van der Waals surface area contributed by atoms with Gasteiger partial charge in [0.2, 0.25) is 0 Å². The summed E-state index contributed by atoms with van der Waals surface area (Å²) in [7, 11) is 0.815. The standard InChI is InChI=1S/C13H20FNOS/c1-4-10(2)13(15-3)9-17(16)12-7-5-11(14)6-8-12/h5-8,10,13,15H,4,9H2,1-3H3. The molecule has 0 fully saturated rings. The molecule has 0 aliphatic rings. The van der Waals surface area contributed by atoms with Crippen molar-refractivity contribution in [2.75, 3.05) is 12.8 Å². The first kappa shape index (κ1) is 14.3. The first-order valence-corrected chi connectivity index (χ1v) is 7.21. The Morgan fingerprint density at radius 1 is 1.35 bits per heavy atom. The predicted molar refractivity (Wildman–Crippen MR) is 70.0 cm³/mol. The molecule has 0 saturated heterocycles. The fourth-order valence-electron chi connectivity index (χ4n) is 1.66. The number of halogens is 1. The van der Waals surface area contributed by atoms with Crippen molar-refractivity contribution in [2.24, 2.45) is 5.92 Å². The molecular weight excluding hydrogens is 237 g/mol. The lowest BCUT2D eigenvalue weighted by Crippen LogP contribution is -2.36. The van der Waals surface area contributed by atoms with E-state index in [1.165, 1.54) is 12.1 Å². The van der Waals surface area contributed by atoms with E-state index in [1.807, 2.05) is 7.05 Å². The lowest BCUT2D eigenvalue weighted by Gasteiger charge is -2.21. The molecule has 0 radical (unpaired) electrons. The van der Waals surface area contributed by atoms with E-state index in [9.17, 15) is 8.60 Å². The van der Waals surface area contributed by atoms with Gasteiger partial charge in [-0.1, -0.05) is 20.3 Å². The largest absolute Gasteiger partial charge is 0.316 e. The second-order valence-corrected chi connectivity index (χ2v) is 5.74. The Morgan fingerprint density at radius 3 is 2.41 bits per heavy atom. The van der Waals surface area contributed by atoms with Gasteiger partial charge in [0.15, 0.2) is 0 Å². The minimum atomic E-state index is -1.07. The van der Waals surface area contributed by atoms with Crippen molar-refractivity contribution in [3.8, 4) is 0 Å². The first-order chi connectivity index (χ1) is 8.08. The summed E-state index contributed by atoms with van der Waals surface area (Å²) in [5.74, 6) is 0.749. The van der Waals surface area contributed by atoms with Crippen LogP contribution in [0.3, 0.4) is 0 Å². The lowest BCUT2D eigenvalue weighted by molar-refractivity contribution is 0.418. The second kappa shape index (κ2) is 6.87. The highest BCUT2D eigenvalue weighted by molar-refractivity contribution is 7.85. The van der Waals surface area contributed by atoms with E-state index >= 15 is 0 Å². The topological polar surface area (TPSA) is 29.1 Å². The number of nitrogens with one attached hydrogen (secondary N) is 1. The fraction of sp³-hybridized carbons (Fsp3) is 0.538. The molecule has 0 aromatic heterocycles. The highest BCUT2D eigenvalue weighted by Crippen LogP contribution is 2.13. The predicted octanol–water partition coefficient (Wildman–Crippen LogP) is 2.57. The molecule has 96 valence electrons. The van der Waals surface area contributed by atoms with Crippen molar-refractivity contribution >= 4 is 10.8 Å². The van der Waals surface area contributed by atoms with Crippen molar-refractivity contribution in [1.29, 1.82) is 0 Å². The maximum atomic E-state index is 12.8. The molecule has 0 spiro atoms. The zero-order valence-corrected chi connectivity index (χ0v) is 11.4. The number of hydrogen-bond donors (Lipinski definition) is 1. The fourth-order valence-corrected chi connectivity index (χ4v) is 3.12. The Kier molecular flexibility index (Phi) is 5.78. The third kappa shape index (κ3) is 4.21. The molecule has 3 unspecified atom stereocenters. The van der Waals surface area contributed by atoms with Crippen LogP contribution in [0, 0.1) is 11.7 Å². The Bertz CT molecular complexity index is 366. The van der Waals surface area contributed by atoms with Gasteiger partial charge in [-0.2, -0.15) is 0 Å². The van der Waals surface area contributed by atoms with Gasteiger partial charge in [-0.15, -0.1) is 0 Å². The summed E-state index contributed by atoms with van der Waals surface area (Å²) in [4.78, 5) is 0.690. The average molecular weight is 257 g/mol. The first-order valence-electron chi connectivity index (χ1n) is 5.89. The van der Waals surface area contributed by atoms with Gasteiger partial charge in [-0.05, 0) is 37.2 Å². The van der Waals surface area contributed by atoms with Gasteiger partial charge in [-0.3, -0.25) is 4.21 Å². The van der Waals surface area contributed by atoms with Crippen LogP contribution in [-0.2, 0) is 10.8 Å². The van der Waals surface area contributed by atoms with E-state index in [-0.39, 0.29) is 11.9 Å². The van der Waals surface area contributed by atoms with Crippen LogP contribution in [0.5, 0.6) is 0 Å². The molecule has 4 heteroatoms. The number of benzene rings is 1. The monoisotopic (exact) mass is 257 g/mol. The number of hydrogen-bond acceptors (Lipinski definition) is 2. The van der Waals surface area contributed by atoms with Crippen LogP contribution in [0.15, 0.2) is 29.2 Å². The van der Waals surface area contributed by atoms with Crippen LogP contribution >= 0.6 is 0 Å². The van der Waals surface area contributed by atoms with E-state index in [0.717, 1.165) is 6.42 Å². The molecule has 0 heterocycles. The van der Waals surface area contributed by atoms with Crippen LogP contribution in [0.2, 0.25) is 0 Å². The summed E-state index contributed by atoms with van der Waals surface area (Å²) < 4.78 is 24.8. The Hall–Kier alpha value is -0.740. The van der Waals surface area contributed by atoms with Crippen LogP contribution in [0.4, 0.5) is 4.39 Å². The van der Waals surface area contributed by atoms with Gasteiger partial charge in [0.1, 0.15) is 5.82 Å². The van der Waals surface area contributed by atoms with Crippen molar-refractivity contribution in [1.82, 2.24) is 5.32 Å². The molecule has 3 atom stereocenters. The summed E-state index contributed by atoms with van der Waals surface area (Å²) in [6.45, 7) is 4.26. The van der Waals surface area contributed by atoms with Gasteiger partial charge < -0.3 is 5.32 Å². The molecule has 0 aliphatic carbocycles. The average Bonchev–Trinajstić information content (AvgIpc) is 2.35. The Morgan fingerprint density at radius 2 is 1.94 bits per heavy atom. The Labute approximate surface area is 105 Å². The molecular formula is C13H20FNOS. The van der Waals surface area contributed by atoms with Crippen molar-refractivity contribution in [3.63, 3.8) is 0 Å². The van der Waals surface area contributed by atoms with E-state index in [1.54, 1.807) is 12.1 Å². The van der Waals surface area contributed by atoms with E-state index in [2.05, 4.69) is 19.2 Å². The summed E-state index contributed by atoms with van der Waals surface area (Å²) in [6.07, 6.45) is 1.05. The summed E-state index contributed by atoms with van der Waals surface area (Å²) >= 11 is 0. The molecule has 0 saturated carbocycles. The van der Waals surface area contributed by atoms with E-state index in [0.29, 0.717) is 16.6 Å². The summed E-state index contributed by atoms with van der Waals surface area (Å²) in [5.41, 5.74) is 0. The Balaban J connectivity index is 2.67. The van der Waals surface area contributed by atoms with Gasteiger partial charge >= 0.3 is 0 Å². The highest BCUT2D eigenvalue weighted by Gasteiger charge is 2.17. The lowest BCUT2D eigenvalue weighted by atomic mass is 10.0. The molecule has 1 N–H and O–H groups in total. The van der Waals surface area contributed by atoms with Crippen molar-refractivity contribution in [2.45, 2.75) is 31.2 Å². The quantitative estimate of drug-likeness (QED) is 0.848. The molecule has 2 nitrogen and oxygen atoms in total. The van der Waals surface area contributed by atoms with Crippen LogP contribution < -0.4 is 5.32 Å². The van der Waals surface area contributed by atoms with E-state index < -0.39 is 10.8 Å². The summed E-state index contributed by atoms with van der Waals surface area (Å²) in [5, 5.41) is 3.20. The van der Waals surface area contributed by atoms with Crippen LogP contribution in [-0.4, -0.2) is 23.1 Å². The minimum absolute atomic E-state index is 0.228. The normalized spacial score (nSPS) is 16.5. The molecule has 17 heavy (non-hydrogen) atoms. The molecule has 0 aliphatic heterocycles. The second-order valence-electron chi connectivity index (χ2n) is 4.25. The molecule has 0 amide bonds. The van der Waals surface area contributed by atoms with Gasteiger partial charge in [-0.25, -0.2) is 4.39 Å². The van der Waals surface area contributed by atoms with Crippen molar-refractivity contribution in [3.05, 3.63) is 30.1 Å². The van der Waals surface area contributed by atoms with Gasteiger partial charge in [0.25, 0.3) is 0 Å². The van der Waals surface area contributed by atoms with Crippen molar-refractivity contribution < 1.29 is 8.60 Å². The molecule has 1 aromatic rings. The van der Waals surface area contributed by atoms with Crippen LogP contribution in [0.1, 0.15) is 20.3 Å². The van der Waals surface area contributed by atoms with Gasteiger partial charge in [0.05, 0.1) is 10.8 Å². The summed E-state index contributed by atoms with van der Waals surface area (Å²) in [6, 6.07) is 6.12. The zero-order chi connectivity index (χ0) is 12.8. The zero-order valence-electron chi connectivity index (χ0n) is 10.6. The maximum absolute atomic E-state index is 12.8. The molecule has 0 bridgehead atoms. The molecule has 1 rings (SSSR count). The number of rotatable bonds is 6. The maximum Gasteiger partial charge on any atom is 0.123 e. The third-order valence-corrected chi connectivity index (χ3v) is 4.57. The molecule has 1 aromatic carbocycles. The van der Waals surface area contributed by atoms with E-state index in [4.69, 9.17) is 0 Å². The third-order valence-electron chi connectivity index (χ3n) is 3.11. The highest BCUT2D eigenvalue weighted by atomic mass is 32.2. The smallest absolute Gasteiger partial charge is 0.123 e. The SMILES string of the molecule is CCC(C)C(CS(=O)c1ccc(F)cc1)NC. The minimum Gasteiger partial charge on any atom is -0.316 e. The van der Waals surface area contributed by atoms with Crippen LogP contribution in [0.25, 0.3) is 0 Å².